The Morgan fingerprint density at radius 1 is 1.07 bits per heavy atom. The maximum Gasteiger partial charge on any atom is 0.416 e. The maximum atomic E-state index is 14.0. The third-order valence-corrected chi connectivity index (χ3v) is 7.50. The first-order chi connectivity index (χ1) is 21.1. The van der Waals surface area contributed by atoms with Gasteiger partial charge in [-0.15, -0.1) is 0 Å². The number of ether oxygens (including phenoxy) is 1. The van der Waals surface area contributed by atoms with Gasteiger partial charge in [0.1, 0.15) is 0 Å². The first kappa shape index (κ1) is 30.8. The Hall–Kier alpha value is -4.60. The van der Waals surface area contributed by atoms with E-state index < -0.39 is 17.8 Å². The first-order valence-corrected chi connectivity index (χ1v) is 14.2. The fourth-order valence-electron chi connectivity index (χ4n) is 4.94. The van der Waals surface area contributed by atoms with Crippen LogP contribution in [0.4, 0.5) is 23.7 Å². The molecule has 0 unspecified atom stereocenters. The molecule has 5 rings (SSSR count). The molecule has 0 radical (unpaired) electrons. The molecule has 1 aliphatic carbocycles. The van der Waals surface area contributed by atoms with Gasteiger partial charge in [0.15, 0.2) is 5.65 Å². The van der Waals surface area contributed by atoms with Crippen LogP contribution in [0.1, 0.15) is 36.5 Å². The average molecular weight is 606 g/mol. The molecule has 0 saturated carbocycles. The van der Waals surface area contributed by atoms with E-state index in [1.54, 1.807) is 29.1 Å². The predicted octanol–water partition coefficient (Wildman–Crippen LogP) is 5.23. The number of hydrogen-bond donors (Lipinski definition) is 2. The lowest BCUT2D eigenvalue weighted by atomic mass is 10.0. The number of alkyl halides is 3. The first-order valence-electron chi connectivity index (χ1n) is 14.2. The average Bonchev–Trinajstić information content (AvgIpc) is 3.39. The van der Waals surface area contributed by atoms with E-state index >= 15 is 0 Å². The normalized spacial score (nSPS) is 16.5. The van der Waals surface area contributed by atoms with Gasteiger partial charge < -0.3 is 20.3 Å². The number of carbonyl (C=O) groups excluding carboxylic acids is 1. The fourth-order valence-corrected chi connectivity index (χ4v) is 4.94. The van der Waals surface area contributed by atoms with E-state index in [-0.39, 0.29) is 17.8 Å². The molecule has 2 aromatic heterocycles. The van der Waals surface area contributed by atoms with Crippen LogP contribution in [0.3, 0.4) is 0 Å². The van der Waals surface area contributed by atoms with Crippen LogP contribution in [-0.4, -0.2) is 70.8 Å². The number of aromatic nitrogens is 3. The lowest BCUT2D eigenvalue weighted by Crippen LogP contribution is -2.44. The smallest absolute Gasteiger partial charge is 0.416 e. The van der Waals surface area contributed by atoms with Crippen LogP contribution in [0.25, 0.3) is 5.65 Å². The molecule has 1 fully saturated rings. The van der Waals surface area contributed by atoms with Crippen molar-refractivity contribution < 1.29 is 22.7 Å². The molecule has 2 N–H and O–H groups in total. The summed E-state index contributed by atoms with van der Waals surface area (Å²) in [6.45, 7) is 5.19. The van der Waals surface area contributed by atoms with Gasteiger partial charge in [-0.3, -0.25) is 4.90 Å². The van der Waals surface area contributed by atoms with Crippen LogP contribution in [0.15, 0.2) is 71.7 Å². The van der Waals surface area contributed by atoms with Crippen LogP contribution < -0.4 is 15.4 Å². The summed E-state index contributed by atoms with van der Waals surface area (Å²) in [5.41, 5.74) is 2.95. The number of anilines is 1. The molecule has 0 bridgehead atoms. The summed E-state index contributed by atoms with van der Waals surface area (Å²) in [5.74, 6) is 6.64. The SMILES string of the molecule is COc1ccn2ncc(C#CC3=CC=C(C)CCC(NC(=O)Nc4ccc(CN5CCN(C)CC5)c(C(F)(F)F)c4)=C3)c2n1. The van der Waals surface area contributed by atoms with Gasteiger partial charge in [0.2, 0.25) is 5.88 Å². The van der Waals surface area contributed by atoms with Gasteiger partial charge in [0.25, 0.3) is 0 Å². The number of nitrogens with zero attached hydrogens (tertiary/aromatic N) is 5. The number of piperazine rings is 1. The number of carbonyl (C=O) groups is 1. The fraction of sp³-hybridized carbons (Fsp3) is 0.344. The Labute approximate surface area is 254 Å². The molecule has 3 aromatic rings. The number of allylic oxidation sites excluding steroid dienone is 6. The Balaban J connectivity index is 1.31. The zero-order chi connectivity index (χ0) is 31.3. The Morgan fingerprint density at radius 3 is 2.61 bits per heavy atom. The van der Waals surface area contributed by atoms with Crippen molar-refractivity contribution in [1.82, 2.24) is 29.7 Å². The van der Waals surface area contributed by atoms with E-state index in [0.717, 1.165) is 24.7 Å². The molecule has 3 heterocycles. The molecule has 9 nitrogen and oxygen atoms in total. The highest BCUT2D eigenvalue weighted by atomic mass is 19.4. The number of methoxy groups -OCH3 is 1. The highest BCUT2D eigenvalue weighted by Crippen LogP contribution is 2.34. The van der Waals surface area contributed by atoms with Gasteiger partial charge in [-0.05, 0) is 56.7 Å². The Bertz CT molecular complexity index is 1690. The Kier molecular flexibility index (Phi) is 9.37. The van der Waals surface area contributed by atoms with E-state index in [4.69, 9.17) is 4.74 Å². The predicted molar refractivity (Wildman–Crippen MR) is 162 cm³/mol. The number of rotatable bonds is 5. The molecule has 44 heavy (non-hydrogen) atoms. The standard InChI is InChI=1S/C32H34F3N7O2/c1-22-4-6-23(7-8-24-20-36-42-13-12-29(44-3)39-30(24)42)18-26(10-5-22)37-31(43)38-27-11-9-25(28(19-27)32(33,34)35)21-41-16-14-40(2)15-17-41/h4,6,9,11-13,18-20H,5,10,14-17,21H2,1-3H3,(H2,37,38,43). The van der Waals surface area contributed by atoms with Crippen LogP contribution in [-0.2, 0) is 12.7 Å². The van der Waals surface area contributed by atoms with Gasteiger partial charge in [0, 0.05) is 61.9 Å². The summed E-state index contributed by atoms with van der Waals surface area (Å²) >= 11 is 0. The van der Waals surface area contributed by atoms with Crippen molar-refractivity contribution in [1.29, 1.82) is 0 Å². The van der Waals surface area contributed by atoms with Crippen molar-refractivity contribution in [2.75, 3.05) is 45.7 Å². The summed E-state index contributed by atoms with van der Waals surface area (Å²) in [7, 11) is 3.53. The minimum atomic E-state index is -4.55. The third-order valence-electron chi connectivity index (χ3n) is 7.50. The van der Waals surface area contributed by atoms with Crippen molar-refractivity contribution in [2.24, 2.45) is 0 Å². The van der Waals surface area contributed by atoms with Crippen molar-refractivity contribution in [3.63, 3.8) is 0 Å². The van der Waals surface area contributed by atoms with Crippen molar-refractivity contribution in [2.45, 2.75) is 32.5 Å². The van der Waals surface area contributed by atoms with Crippen molar-refractivity contribution in [3.05, 3.63) is 88.4 Å². The van der Waals surface area contributed by atoms with Gasteiger partial charge >= 0.3 is 12.2 Å². The minimum absolute atomic E-state index is 0.0612. The van der Waals surface area contributed by atoms with Crippen molar-refractivity contribution in [3.8, 4) is 17.7 Å². The van der Waals surface area contributed by atoms with Gasteiger partial charge in [-0.2, -0.15) is 23.3 Å². The zero-order valence-electron chi connectivity index (χ0n) is 24.8. The van der Waals surface area contributed by atoms with Crippen LogP contribution in [0.2, 0.25) is 0 Å². The maximum absolute atomic E-state index is 14.0. The highest BCUT2D eigenvalue weighted by Gasteiger charge is 2.34. The summed E-state index contributed by atoms with van der Waals surface area (Å²) in [6, 6.07) is 5.02. The second kappa shape index (κ2) is 13.4. The molecule has 0 atom stereocenters. The van der Waals surface area contributed by atoms with Gasteiger partial charge in [0.05, 0.1) is 24.4 Å². The van der Waals surface area contributed by atoms with Gasteiger partial charge in [-0.1, -0.05) is 29.6 Å². The van der Waals surface area contributed by atoms with Crippen molar-refractivity contribution >= 4 is 17.4 Å². The number of benzene rings is 1. The lowest BCUT2D eigenvalue weighted by Gasteiger charge is -2.33. The largest absolute Gasteiger partial charge is 0.481 e. The molecule has 230 valence electrons. The number of likely N-dealkylation sites (N-methyl/N-ethyl adjacent to an activating group) is 1. The summed E-state index contributed by atoms with van der Waals surface area (Å²) in [5, 5.41) is 9.64. The second-order valence-electron chi connectivity index (χ2n) is 10.9. The molecule has 0 spiro atoms. The molecule has 2 aliphatic rings. The Morgan fingerprint density at radius 2 is 1.86 bits per heavy atom. The van der Waals surface area contributed by atoms with E-state index in [9.17, 15) is 18.0 Å². The molecule has 1 aromatic carbocycles. The van der Waals surface area contributed by atoms with E-state index in [0.29, 0.717) is 54.3 Å². The topological polar surface area (TPSA) is 87.0 Å². The third kappa shape index (κ3) is 7.86. The van der Waals surface area contributed by atoms with Crippen LogP contribution in [0, 0.1) is 11.8 Å². The van der Waals surface area contributed by atoms with Crippen LogP contribution >= 0.6 is 0 Å². The second-order valence-corrected chi connectivity index (χ2v) is 10.9. The molecular weight excluding hydrogens is 571 g/mol. The minimum Gasteiger partial charge on any atom is -0.481 e. The number of halogens is 3. The highest BCUT2D eigenvalue weighted by molar-refractivity contribution is 5.90. The van der Waals surface area contributed by atoms with E-state index in [1.807, 2.05) is 31.0 Å². The van der Waals surface area contributed by atoms with E-state index in [1.165, 1.54) is 19.2 Å². The monoisotopic (exact) mass is 605 g/mol. The number of amides is 2. The summed E-state index contributed by atoms with van der Waals surface area (Å²) in [4.78, 5) is 21.5. The number of nitrogens with one attached hydrogen (secondary N) is 2. The van der Waals surface area contributed by atoms with E-state index in [2.05, 4.69) is 37.5 Å². The van der Waals surface area contributed by atoms with Crippen LogP contribution in [0.5, 0.6) is 5.88 Å². The van der Waals surface area contributed by atoms with Gasteiger partial charge in [-0.25, -0.2) is 9.31 Å². The molecule has 2 amide bonds. The number of urea groups is 1. The lowest BCUT2D eigenvalue weighted by molar-refractivity contribution is -0.138. The number of hydrogen-bond acceptors (Lipinski definition) is 6. The molecular formula is C32H34F3N7O2. The zero-order valence-corrected chi connectivity index (χ0v) is 24.8. The molecule has 12 heteroatoms. The molecule has 1 aliphatic heterocycles. The summed E-state index contributed by atoms with van der Waals surface area (Å²) < 4.78 is 48.8. The quantitative estimate of drug-likeness (QED) is 0.388. The summed E-state index contributed by atoms with van der Waals surface area (Å²) in [6.07, 6.45) is 5.58. The number of fused-ring (bicyclic) bond motifs is 1. The molecule has 1 saturated heterocycles.